The minimum Gasteiger partial charge on any atom is -0.400 e. The molecule has 0 bridgehead atoms. The molecule has 0 radical (unpaired) electrons. The van der Waals surface area contributed by atoms with E-state index >= 15 is 0 Å². The summed E-state index contributed by atoms with van der Waals surface area (Å²) in [7, 11) is -0.568. The van der Waals surface area contributed by atoms with Gasteiger partial charge in [-0.3, -0.25) is 14.6 Å². The average Bonchev–Trinajstić information content (AvgIpc) is 2.71. The molecule has 1 aromatic heterocycles. The maximum atomic E-state index is 11.4. The van der Waals surface area contributed by atoms with Crippen LogP contribution in [0.3, 0.4) is 0 Å². The summed E-state index contributed by atoms with van der Waals surface area (Å²) in [6.45, 7) is 9.42. The summed E-state index contributed by atoms with van der Waals surface area (Å²) < 4.78 is 12.2. The molecule has 0 N–H and O–H groups in total. The smallest absolute Gasteiger partial charge is 0.400 e. The summed E-state index contributed by atoms with van der Waals surface area (Å²) >= 11 is 1.18. The highest BCUT2D eigenvalue weighted by Crippen LogP contribution is 2.39. The Kier molecular flexibility index (Phi) is 5.68. The summed E-state index contributed by atoms with van der Waals surface area (Å²) in [5.74, 6) is 0.430. The molecule has 1 aliphatic heterocycles. The SMILES string of the molecule is CC(=O)SCC(=Cc1cnccc1C=O)B1OC(C)(C)C(C)(C)O1. The van der Waals surface area contributed by atoms with Gasteiger partial charge in [-0.15, -0.1) is 0 Å². The van der Waals surface area contributed by atoms with Crippen LogP contribution in [0.15, 0.2) is 23.9 Å². The number of pyridine rings is 1. The molecule has 2 rings (SSSR count). The van der Waals surface area contributed by atoms with E-state index in [1.807, 2.05) is 33.8 Å². The Hall–Kier alpha value is -1.44. The molecule has 5 nitrogen and oxygen atoms in total. The molecular weight excluding hydrogens is 325 g/mol. The van der Waals surface area contributed by atoms with Gasteiger partial charge in [0.25, 0.3) is 0 Å². The van der Waals surface area contributed by atoms with Gasteiger partial charge in [-0.1, -0.05) is 17.8 Å². The molecule has 0 spiro atoms. The van der Waals surface area contributed by atoms with E-state index in [9.17, 15) is 9.59 Å². The second kappa shape index (κ2) is 7.21. The van der Waals surface area contributed by atoms with Crippen LogP contribution in [0.2, 0.25) is 0 Å². The van der Waals surface area contributed by atoms with E-state index in [0.717, 1.165) is 11.8 Å². The molecule has 128 valence electrons. The molecule has 0 saturated carbocycles. The molecule has 0 amide bonds. The third kappa shape index (κ3) is 4.15. The fourth-order valence-electron chi connectivity index (χ4n) is 2.20. The standard InChI is InChI=1S/C17H22BNO4S/c1-12(21)24-11-15(8-14-9-19-7-6-13(14)10-20)18-22-16(2,3)17(4,5)23-18/h6-10H,11H2,1-5H3. The number of aldehydes is 1. The Balaban J connectivity index is 2.37. The summed E-state index contributed by atoms with van der Waals surface area (Å²) in [6, 6.07) is 1.65. The van der Waals surface area contributed by atoms with Crippen LogP contribution in [0.5, 0.6) is 0 Å². The van der Waals surface area contributed by atoms with E-state index in [0.29, 0.717) is 16.9 Å². The molecule has 0 aromatic carbocycles. The van der Waals surface area contributed by atoms with E-state index in [-0.39, 0.29) is 5.12 Å². The fraction of sp³-hybridized carbons (Fsp3) is 0.471. The first kappa shape index (κ1) is 18.9. The van der Waals surface area contributed by atoms with Crippen molar-refractivity contribution >= 4 is 36.4 Å². The summed E-state index contributed by atoms with van der Waals surface area (Å²) in [5, 5.41) is 0.0132. The Morgan fingerprint density at radius 3 is 2.42 bits per heavy atom. The van der Waals surface area contributed by atoms with Crippen LogP contribution in [0.25, 0.3) is 6.08 Å². The molecule has 0 atom stereocenters. The van der Waals surface area contributed by atoms with Crippen molar-refractivity contribution in [1.82, 2.24) is 4.98 Å². The number of carbonyl (C=O) groups is 2. The molecule has 7 heteroatoms. The lowest BCUT2D eigenvalue weighted by atomic mass is 9.78. The summed E-state index contributed by atoms with van der Waals surface area (Å²) in [6.07, 6.45) is 5.80. The summed E-state index contributed by atoms with van der Waals surface area (Å²) in [4.78, 5) is 26.7. The monoisotopic (exact) mass is 347 g/mol. The largest absolute Gasteiger partial charge is 0.491 e. The van der Waals surface area contributed by atoms with Crippen LogP contribution >= 0.6 is 11.8 Å². The van der Waals surface area contributed by atoms with Crippen LogP contribution in [0.4, 0.5) is 0 Å². The predicted octanol–water partition coefficient (Wildman–Crippen LogP) is 3.19. The average molecular weight is 347 g/mol. The van der Waals surface area contributed by atoms with E-state index < -0.39 is 18.3 Å². The highest BCUT2D eigenvalue weighted by molar-refractivity contribution is 8.13. The molecule has 24 heavy (non-hydrogen) atoms. The molecule has 1 fully saturated rings. The van der Waals surface area contributed by atoms with E-state index in [4.69, 9.17) is 9.31 Å². The van der Waals surface area contributed by atoms with Gasteiger partial charge >= 0.3 is 7.12 Å². The van der Waals surface area contributed by atoms with Crippen LogP contribution in [-0.2, 0) is 14.1 Å². The number of hydrogen-bond donors (Lipinski definition) is 0. The lowest BCUT2D eigenvalue weighted by Gasteiger charge is -2.32. The van der Waals surface area contributed by atoms with Gasteiger partial charge in [0.2, 0.25) is 0 Å². The van der Waals surface area contributed by atoms with Crippen molar-refractivity contribution in [2.24, 2.45) is 0 Å². The van der Waals surface area contributed by atoms with Gasteiger partial charge in [-0.2, -0.15) is 0 Å². The van der Waals surface area contributed by atoms with Gasteiger partial charge in [0.05, 0.1) is 11.2 Å². The zero-order valence-electron chi connectivity index (χ0n) is 14.7. The molecule has 1 saturated heterocycles. The maximum Gasteiger partial charge on any atom is 0.491 e. The second-order valence-corrected chi connectivity index (χ2v) is 7.86. The van der Waals surface area contributed by atoms with Crippen molar-refractivity contribution in [3.8, 4) is 0 Å². The lowest BCUT2D eigenvalue weighted by molar-refractivity contribution is -0.109. The Morgan fingerprint density at radius 2 is 1.88 bits per heavy atom. The van der Waals surface area contributed by atoms with Crippen molar-refractivity contribution in [3.63, 3.8) is 0 Å². The van der Waals surface area contributed by atoms with E-state index in [1.165, 1.54) is 18.7 Å². The summed E-state index contributed by atoms with van der Waals surface area (Å²) in [5.41, 5.74) is 1.07. The van der Waals surface area contributed by atoms with Crippen molar-refractivity contribution in [2.45, 2.75) is 45.8 Å². The molecule has 0 aliphatic carbocycles. The van der Waals surface area contributed by atoms with Gasteiger partial charge in [-0.05, 0) is 39.2 Å². The zero-order valence-corrected chi connectivity index (χ0v) is 15.5. The maximum absolute atomic E-state index is 11.4. The van der Waals surface area contributed by atoms with Gasteiger partial charge < -0.3 is 9.31 Å². The first-order valence-electron chi connectivity index (χ1n) is 7.75. The second-order valence-electron chi connectivity index (χ2n) is 6.71. The Bertz CT molecular complexity index is 656. The van der Waals surface area contributed by atoms with Crippen molar-refractivity contribution < 1.29 is 18.9 Å². The molecule has 2 heterocycles. The zero-order chi connectivity index (χ0) is 18.0. The lowest BCUT2D eigenvalue weighted by Crippen LogP contribution is -2.41. The number of thioether (sulfide) groups is 1. The van der Waals surface area contributed by atoms with Crippen LogP contribution in [0.1, 0.15) is 50.5 Å². The third-order valence-corrected chi connectivity index (χ3v) is 5.24. The number of nitrogens with zero attached hydrogens (tertiary/aromatic N) is 1. The molecule has 0 unspecified atom stereocenters. The van der Waals surface area contributed by atoms with Crippen molar-refractivity contribution in [2.75, 3.05) is 5.75 Å². The Labute approximate surface area is 147 Å². The highest BCUT2D eigenvalue weighted by atomic mass is 32.2. The normalized spacial score (nSPS) is 19.4. The van der Waals surface area contributed by atoms with Crippen LogP contribution in [-0.4, -0.2) is 40.5 Å². The number of carbonyl (C=O) groups excluding carboxylic acids is 2. The molecule has 1 aliphatic rings. The van der Waals surface area contributed by atoms with Crippen molar-refractivity contribution in [3.05, 3.63) is 35.1 Å². The number of aromatic nitrogens is 1. The van der Waals surface area contributed by atoms with Gasteiger partial charge in [0.1, 0.15) is 0 Å². The van der Waals surface area contributed by atoms with Crippen LogP contribution < -0.4 is 0 Å². The topological polar surface area (TPSA) is 65.5 Å². The van der Waals surface area contributed by atoms with Crippen molar-refractivity contribution in [1.29, 1.82) is 0 Å². The first-order chi connectivity index (χ1) is 11.2. The van der Waals surface area contributed by atoms with Gasteiger partial charge in [0.15, 0.2) is 11.4 Å². The van der Waals surface area contributed by atoms with E-state index in [1.54, 1.807) is 18.5 Å². The van der Waals surface area contributed by atoms with Gasteiger partial charge in [-0.25, -0.2) is 0 Å². The number of rotatable bonds is 5. The molecule has 1 aromatic rings. The highest BCUT2D eigenvalue weighted by Gasteiger charge is 2.52. The minimum atomic E-state index is -0.568. The minimum absolute atomic E-state index is 0.0132. The number of hydrogen-bond acceptors (Lipinski definition) is 6. The Morgan fingerprint density at radius 1 is 1.25 bits per heavy atom. The first-order valence-corrected chi connectivity index (χ1v) is 8.73. The third-order valence-electron chi connectivity index (χ3n) is 4.35. The predicted molar refractivity (Wildman–Crippen MR) is 96.8 cm³/mol. The van der Waals surface area contributed by atoms with Crippen LogP contribution in [0, 0.1) is 0 Å². The quantitative estimate of drug-likeness (QED) is 0.602. The van der Waals surface area contributed by atoms with Gasteiger partial charge in [0, 0.05) is 36.2 Å². The molecular formula is C17H22BNO4S. The fourth-order valence-corrected chi connectivity index (χ4v) is 2.79. The van der Waals surface area contributed by atoms with E-state index in [2.05, 4.69) is 4.98 Å².